The van der Waals surface area contributed by atoms with Crippen LogP contribution in [-0.4, -0.2) is 53.4 Å². The summed E-state index contributed by atoms with van der Waals surface area (Å²) < 4.78 is 215. The van der Waals surface area contributed by atoms with Crippen molar-refractivity contribution in [1.29, 1.82) is 0 Å². The topological polar surface area (TPSA) is 0 Å². The van der Waals surface area contributed by atoms with Crippen LogP contribution >= 0.6 is 12.6 Å². The summed E-state index contributed by atoms with van der Waals surface area (Å²) in [6.45, 7) is 0. The zero-order valence-electron chi connectivity index (χ0n) is 11.6. The van der Waals surface area contributed by atoms with Crippen molar-refractivity contribution in [1.82, 2.24) is 0 Å². The van der Waals surface area contributed by atoms with Crippen molar-refractivity contribution in [3.8, 4) is 0 Å². The molecule has 0 unspecified atom stereocenters. The van der Waals surface area contributed by atoms with Crippen molar-refractivity contribution < 1.29 is 74.6 Å². The number of rotatable bonds is 7. The monoisotopic (exact) mass is 466 g/mol. The molecule has 164 valence electrons. The summed E-state index contributed by atoms with van der Waals surface area (Å²) in [5, 5.41) is 0. The molecule has 0 rings (SSSR count). The normalized spacial score (nSPS) is 16.7. The van der Waals surface area contributed by atoms with Crippen LogP contribution in [0.2, 0.25) is 0 Å². The van der Waals surface area contributed by atoms with Gasteiger partial charge in [0.05, 0.1) is 5.75 Å². The Morgan fingerprint density at radius 1 is 0.370 bits per heavy atom. The van der Waals surface area contributed by atoms with E-state index >= 15 is 0 Å². The molecular weight excluding hydrogens is 463 g/mol. The van der Waals surface area contributed by atoms with Gasteiger partial charge in [-0.3, -0.25) is 0 Å². The molecule has 0 radical (unpaired) electrons. The first kappa shape index (κ1) is 26.2. The molecule has 0 fully saturated rings. The molecular formula is C9H3F17S. The largest absolute Gasteiger partial charge is 0.460 e. The smallest absolute Gasteiger partial charge is 0.199 e. The van der Waals surface area contributed by atoms with Crippen LogP contribution in [0.5, 0.6) is 0 Å². The molecule has 0 aromatic rings. The van der Waals surface area contributed by atoms with Crippen molar-refractivity contribution in [2.24, 2.45) is 0 Å². The highest BCUT2D eigenvalue weighted by Gasteiger charge is 2.95. The van der Waals surface area contributed by atoms with Gasteiger partial charge in [-0.2, -0.15) is 87.3 Å². The van der Waals surface area contributed by atoms with Crippen molar-refractivity contribution >= 4 is 12.6 Å². The molecule has 0 N–H and O–H groups in total. The van der Waals surface area contributed by atoms with Gasteiger partial charge in [0.25, 0.3) is 0 Å². The average molecular weight is 466 g/mol. The summed E-state index contributed by atoms with van der Waals surface area (Å²) in [7, 11) is 0. The van der Waals surface area contributed by atoms with Gasteiger partial charge in [-0.1, -0.05) is 0 Å². The lowest BCUT2D eigenvalue weighted by Gasteiger charge is -2.42. The molecule has 18 heteroatoms. The maximum Gasteiger partial charge on any atom is 0.460 e. The Morgan fingerprint density at radius 3 is 0.815 bits per heavy atom. The minimum Gasteiger partial charge on any atom is -0.199 e. The molecule has 0 aliphatic carbocycles. The Labute approximate surface area is 142 Å². The maximum absolute atomic E-state index is 13.0. The molecule has 0 aromatic carbocycles. The lowest BCUT2D eigenvalue weighted by atomic mass is 9.89. The maximum atomic E-state index is 13.0. The van der Waals surface area contributed by atoms with E-state index in [9.17, 15) is 74.6 Å². The summed E-state index contributed by atoms with van der Waals surface area (Å²) in [4.78, 5) is 0. The fourth-order valence-corrected chi connectivity index (χ4v) is 1.49. The van der Waals surface area contributed by atoms with E-state index in [4.69, 9.17) is 0 Å². The fourth-order valence-electron chi connectivity index (χ4n) is 1.30. The first-order valence-corrected chi connectivity index (χ1v) is 6.26. The van der Waals surface area contributed by atoms with Crippen LogP contribution in [0, 0.1) is 0 Å². The van der Waals surface area contributed by atoms with E-state index in [2.05, 4.69) is 12.6 Å². The Kier molecular flexibility index (Phi) is 6.13. The lowest BCUT2D eigenvalue weighted by molar-refractivity contribution is -0.460. The van der Waals surface area contributed by atoms with Gasteiger partial charge in [0.2, 0.25) is 0 Å². The van der Waals surface area contributed by atoms with Crippen molar-refractivity contribution in [3.63, 3.8) is 0 Å². The number of hydrogen-bond acceptors (Lipinski definition) is 1. The molecule has 0 aliphatic heterocycles. The van der Waals surface area contributed by atoms with Crippen molar-refractivity contribution in [2.75, 3.05) is 5.75 Å². The highest BCUT2D eigenvalue weighted by molar-refractivity contribution is 7.80. The van der Waals surface area contributed by atoms with Gasteiger partial charge < -0.3 is 0 Å². The molecule has 0 spiro atoms. The molecule has 0 aliphatic rings. The molecule has 0 atom stereocenters. The van der Waals surface area contributed by atoms with E-state index in [0.717, 1.165) is 0 Å². The Morgan fingerprint density at radius 2 is 0.593 bits per heavy atom. The standard InChI is InChI=1S/C9H3F17S/c10-2(11,1-27)3(12,13)4(14,15)5(16,17)6(18,19)7(20,21)8(22,23)9(24,25)26/h27H,1H2. The number of thiol groups is 1. The van der Waals surface area contributed by atoms with E-state index in [1.807, 2.05) is 0 Å². The highest BCUT2D eigenvalue weighted by atomic mass is 32.1. The third-order valence-corrected chi connectivity index (χ3v) is 3.38. The van der Waals surface area contributed by atoms with E-state index in [1.165, 1.54) is 0 Å². The number of halogens is 17. The minimum atomic E-state index is -8.58. The third kappa shape index (κ3) is 3.18. The molecule has 0 saturated heterocycles. The molecule has 0 amide bonds. The Bertz CT molecular complexity index is 543. The van der Waals surface area contributed by atoms with Gasteiger partial charge in [-0.25, -0.2) is 0 Å². The molecule has 0 aromatic heterocycles. The van der Waals surface area contributed by atoms with Crippen LogP contribution in [0.4, 0.5) is 74.6 Å². The Hall–Kier alpha value is -0.840. The average Bonchev–Trinajstić information content (AvgIpc) is 2.44. The van der Waals surface area contributed by atoms with E-state index in [0.29, 0.717) is 0 Å². The van der Waals surface area contributed by atoms with E-state index in [1.54, 1.807) is 0 Å². The van der Waals surface area contributed by atoms with Crippen LogP contribution in [0.3, 0.4) is 0 Å². The quantitative estimate of drug-likeness (QED) is 0.350. The summed E-state index contributed by atoms with van der Waals surface area (Å²) in [5.74, 6) is -58.7. The fraction of sp³-hybridized carbons (Fsp3) is 1.00. The second-order valence-corrected chi connectivity index (χ2v) is 5.12. The van der Waals surface area contributed by atoms with Crippen LogP contribution in [-0.2, 0) is 0 Å². The summed E-state index contributed by atoms with van der Waals surface area (Å²) in [5.41, 5.74) is 0. The summed E-state index contributed by atoms with van der Waals surface area (Å²) >= 11 is 2.32. The molecule has 0 saturated carbocycles. The molecule has 0 bridgehead atoms. The van der Waals surface area contributed by atoms with Crippen LogP contribution in [0.25, 0.3) is 0 Å². The number of alkyl halides is 17. The highest BCUT2D eigenvalue weighted by Crippen LogP contribution is 2.63. The summed E-state index contributed by atoms with van der Waals surface area (Å²) in [6.07, 6.45) is -7.75. The van der Waals surface area contributed by atoms with Gasteiger partial charge >= 0.3 is 47.6 Å². The van der Waals surface area contributed by atoms with E-state index in [-0.39, 0.29) is 0 Å². The van der Waals surface area contributed by atoms with Crippen LogP contribution < -0.4 is 0 Å². The zero-order valence-corrected chi connectivity index (χ0v) is 12.5. The van der Waals surface area contributed by atoms with Gasteiger partial charge in [-0.05, 0) is 0 Å². The third-order valence-electron chi connectivity index (χ3n) is 2.99. The zero-order chi connectivity index (χ0) is 22.7. The van der Waals surface area contributed by atoms with Crippen LogP contribution in [0.15, 0.2) is 0 Å². The van der Waals surface area contributed by atoms with Gasteiger partial charge in [0, 0.05) is 0 Å². The number of hydrogen-bond donors (Lipinski definition) is 1. The SMILES string of the molecule is FC(F)(F)C(F)(F)C(F)(F)C(F)(F)C(F)(F)C(F)(F)C(F)(F)C(F)(F)CS. The lowest BCUT2D eigenvalue weighted by Crippen LogP contribution is -2.74. The van der Waals surface area contributed by atoms with Crippen molar-refractivity contribution in [2.45, 2.75) is 47.6 Å². The second-order valence-electron chi connectivity index (χ2n) is 4.81. The molecule has 0 nitrogen and oxygen atoms in total. The first-order valence-electron chi connectivity index (χ1n) is 5.63. The Balaban J connectivity index is 6.65. The van der Waals surface area contributed by atoms with E-state index < -0.39 is 53.4 Å². The second kappa shape index (κ2) is 6.33. The summed E-state index contributed by atoms with van der Waals surface area (Å²) in [6, 6.07) is 0. The predicted molar refractivity (Wildman–Crippen MR) is 54.5 cm³/mol. The first-order chi connectivity index (χ1) is 11.3. The van der Waals surface area contributed by atoms with Gasteiger partial charge in [0.15, 0.2) is 0 Å². The van der Waals surface area contributed by atoms with Gasteiger partial charge in [0.1, 0.15) is 0 Å². The molecule has 0 heterocycles. The van der Waals surface area contributed by atoms with Gasteiger partial charge in [-0.15, -0.1) is 0 Å². The molecule has 27 heavy (non-hydrogen) atoms. The predicted octanol–water partition coefficient (Wildman–Crippen LogP) is 5.93. The minimum absolute atomic E-state index is 2.32. The van der Waals surface area contributed by atoms with Crippen LogP contribution in [0.1, 0.15) is 0 Å². The van der Waals surface area contributed by atoms with Crippen molar-refractivity contribution in [3.05, 3.63) is 0 Å².